The van der Waals surface area contributed by atoms with Crippen LogP contribution in [0.3, 0.4) is 0 Å². The smallest absolute Gasteiger partial charge is 0.0718 e. The van der Waals surface area contributed by atoms with Crippen LogP contribution in [0.1, 0.15) is 39.0 Å². The van der Waals surface area contributed by atoms with E-state index in [0.717, 1.165) is 38.8 Å². The molecule has 94 valence electrons. The third-order valence-corrected chi connectivity index (χ3v) is 3.79. The first-order valence-electron chi connectivity index (χ1n) is 6.81. The highest BCUT2D eigenvalue weighted by atomic mass is 16.5. The molecule has 1 aliphatic heterocycles. The van der Waals surface area contributed by atoms with Crippen molar-refractivity contribution in [1.82, 2.24) is 4.90 Å². The summed E-state index contributed by atoms with van der Waals surface area (Å²) >= 11 is 0. The van der Waals surface area contributed by atoms with Gasteiger partial charge in [-0.2, -0.15) is 0 Å². The Morgan fingerprint density at radius 3 is 2.75 bits per heavy atom. The van der Waals surface area contributed by atoms with Crippen LogP contribution in [-0.2, 0) is 4.74 Å². The number of aliphatic hydroxyl groups excluding tert-OH is 1. The number of rotatable bonds is 7. The Hall–Kier alpha value is -0.120. The minimum atomic E-state index is -0.181. The molecule has 0 aromatic rings. The van der Waals surface area contributed by atoms with Gasteiger partial charge in [0.25, 0.3) is 0 Å². The fourth-order valence-corrected chi connectivity index (χ4v) is 2.47. The highest BCUT2D eigenvalue weighted by molar-refractivity contribution is 4.87. The molecule has 1 saturated carbocycles. The molecule has 2 unspecified atom stereocenters. The number of nitrogens with zero attached hydrogens (tertiary/aromatic N) is 1. The summed E-state index contributed by atoms with van der Waals surface area (Å²) in [5.74, 6) is 0.378. The average Bonchev–Trinajstić information content (AvgIpc) is 2.98. The number of aliphatic hydroxyl groups is 1. The summed E-state index contributed by atoms with van der Waals surface area (Å²) in [5.41, 5.74) is 0. The number of unbranched alkanes of at least 4 members (excludes halogenated alkanes) is 1. The van der Waals surface area contributed by atoms with Gasteiger partial charge in [-0.05, 0) is 32.2 Å². The molecule has 1 saturated heterocycles. The second-order valence-corrected chi connectivity index (χ2v) is 5.27. The molecule has 2 fully saturated rings. The van der Waals surface area contributed by atoms with Crippen LogP contribution in [0.15, 0.2) is 0 Å². The topological polar surface area (TPSA) is 32.7 Å². The quantitative estimate of drug-likeness (QED) is 0.718. The van der Waals surface area contributed by atoms with Gasteiger partial charge in [0, 0.05) is 25.1 Å². The number of hydrogen-bond donors (Lipinski definition) is 1. The molecule has 2 atom stereocenters. The lowest BCUT2D eigenvalue weighted by molar-refractivity contribution is 0.0527. The maximum absolute atomic E-state index is 10.2. The van der Waals surface area contributed by atoms with Gasteiger partial charge < -0.3 is 9.84 Å². The molecule has 2 aliphatic rings. The van der Waals surface area contributed by atoms with Gasteiger partial charge in [0.1, 0.15) is 0 Å². The van der Waals surface area contributed by atoms with Gasteiger partial charge in [0.05, 0.1) is 12.7 Å². The van der Waals surface area contributed by atoms with E-state index in [1.54, 1.807) is 0 Å². The van der Waals surface area contributed by atoms with Gasteiger partial charge in [0.15, 0.2) is 0 Å². The third kappa shape index (κ3) is 3.44. The molecule has 1 N–H and O–H groups in total. The van der Waals surface area contributed by atoms with Crippen molar-refractivity contribution in [2.45, 2.75) is 51.2 Å². The monoisotopic (exact) mass is 227 g/mol. The van der Waals surface area contributed by atoms with Gasteiger partial charge in [0.2, 0.25) is 0 Å². The Morgan fingerprint density at radius 1 is 1.38 bits per heavy atom. The van der Waals surface area contributed by atoms with E-state index in [1.807, 2.05) is 0 Å². The SMILES string of the molecule is CCCCN(CC(O)C1CCOC1)C1CC1. The summed E-state index contributed by atoms with van der Waals surface area (Å²) in [6.45, 7) is 5.84. The van der Waals surface area contributed by atoms with Gasteiger partial charge in [-0.15, -0.1) is 0 Å². The van der Waals surface area contributed by atoms with Crippen LogP contribution < -0.4 is 0 Å². The summed E-state index contributed by atoms with van der Waals surface area (Å²) in [7, 11) is 0. The molecule has 2 rings (SSSR count). The molecule has 0 radical (unpaired) electrons. The second kappa shape index (κ2) is 5.99. The first kappa shape index (κ1) is 12.3. The Labute approximate surface area is 98.8 Å². The van der Waals surface area contributed by atoms with Gasteiger partial charge in [-0.1, -0.05) is 13.3 Å². The van der Waals surface area contributed by atoms with E-state index < -0.39 is 0 Å². The van der Waals surface area contributed by atoms with E-state index in [1.165, 1.54) is 25.7 Å². The Morgan fingerprint density at radius 2 is 2.19 bits per heavy atom. The van der Waals surface area contributed by atoms with Gasteiger partial charge in [-0.3, -0.25) is 4.90 Å². The Kier molecular flexibility index (Phi) is 4.62. The molecule has 0 aromatic carbocycles. The lowest BCUT2D eigenvalue weighted by atomic mass is 10.0. The van der Waals surface area contributed by atoms with Crippen LogP contribution in [0.25, 0.3) is 0 Å². The molecule has 0 bridgehead atoms. The normalized spacial score (nSPS) is 27.6. The fourth-order valence-electron chi connectivity index (χ4n) is 2.47. The van der Waals surface area contributed by atoms with E-state index in [2.05, 4.69) is 11.8 Å². The average molecular weight is 227 g/mol. The first-order chi connectivity index (χ1) is 7.81. The highest BCUT2D eigenvalue weighted by Gasteiger charge is 2.32. The van der Waals surface area contributed by atoms with Crippen LogP contribution in [0.4, 0.5) is 0 Å². The van der Waals surface area contributed by atoms with Crippen molar-refractivity contribution in [1.29, 1.82) is 0 Å². The second-order valence-electron chi connectivity index (χ2n) is 5.27. The molecular formula is C13H25NO2. The van der Waals surface area contributed by atoms with E-state index in [9.17, 15) is 5.11 Å². The Bertz CT molecular complexity index is 200. The zero-order valence-corrected chi connectivity index (χ0v) is 10.4. The molecule has 1 aliphatic carbocycles. The molecular weight excluding hydrogens is 202 g/mol. The van der Waals surface area contributed by atoms with Crippen LogP contribution in [-0.4, -0.2) is 48.5 Å². The van der Waals surface area contributed by atoms with E-state index >= 15 is 0 Å². The van der Waals surface area contributed by atoms with E-state index in [4.69, 9.17) is 4.74 Å². The van der Waals surface area contributed by atoms with Crippen LogP contribution >= 0.6 is 0 Å². The maximum atomic E-state index is 10.2. The van der Waals surface area contributed by atoms with Crippen molar-refractivity contribution in [2.24, 2.45) is 5.92 Å². The van der Waals surface area contributed by atoms with Gasteiger partial charge in [-0.25, -0.2) is 0 Å². The summed E-state index contributed by atoms with van der Waals surface area (Å²) in [4.78, 5) is 2.49. The van der Waals surface area contributed by atoms with Crippen molar-refractivity contribution in [3.8, 4) is 0 Å². The molecule has 16 heavy (non-hydrogen) atoms. The molecule has 0 spiro atoms. The minimum absolute atomic E-state index is 0.181. The largest absolute Gasteiger partial charge is 0.391 e. The number of hydrogen-bond acceptors (Lipinski definition) is 3. The summed E-state index contributed by atoms with van der Waals surface area (Å²) in [5, 5.41) is 10.2. The zero-order chi connectivity index (χ0) is 11.4. The third-order valence-electron chi connectivity index (χ3n) is 3.79. The molecule has 0 amide bonds. The standard InChI is InChI=1S/C13H25NO2/c1-2-3-7-14(12-4-5-12)9-13(15)11-6-8-16-10-11/h11-13,15H,2-10H2,1H3. The lowest BCUT2D eigenvalue weighted by Crippen LogP contribution is -2.38. The van der Waals surface area contributed by atoms with Crippen molar-refractivity contribution in [3.05, 3.63) is 0 Å². The maximum Gasteiger partial charge on any atom is 0.0718 e. The van der Waals surface area contributed by atoms with E-state index in [0.29, 0.717) is 5.92 Å². The summed E-state index contributed by atoms with van der Waals surface area (Å²) in [6, 6.07) is 0.767. The minimum Gasteiger partial charge on any atom is -0.391 e. The van der Waals surface area contributed by atoms with Crippen LogP contribution in [0.5, 0.6) is 0 Å². The predicted molar refractivity (Wildman–Crippen MR) is 64.4 cm³/mol. The van der Waals surface area contributed by atoms with E-state index in [-0.39, 0.29) is 6.10 Å². The summed E-state index contributed by atoms with van der Waals surface area (Å²) < 4.78 is 5.34. The first-order valence-corrected chi connectivity index (χ1v) is 6.81. The van der Waals surface area contributed by atoms with Crippen molar-refractivity contribution >= 4 is 0 Å². The summed E-state index contributed by atoms with van der Waals surface area (Å²) in [6.07, 6.45) is 6.01. The lowest BCUT2D eigenvalue weighted by Gasteiger charge is -2.27. The van der Waals surface area contributed by atoms with Crippen molar-refractivity contribution in [2.75, 3.05) is 26.3 Å². The molecule has 0 aromatic heterocycles. The van der Waals surface area contributed by atoms with Gasteiger partial charge >= 0.3 is 0 Å². The number of ether oxygens (including phenoxy) is 1. The van der Waals surface area contributed by atoms with Crippen LogP contribution in [0, 0.1) is 5.92 Å². The van der Waals surface area contributed by atoms with Crippen molar-refractivity contribution in [3.63, 3.8) is 0 Å². The molecule has 1 heterocycles. The zero-order valence-electron chi connectivity index (χ0n) is 10.4. The molecule has 3 heteroatoms. The predicted octanol–water partition coefficient (Wildman–Crippen LogP) is 1.65. The van der Waals surface area contributed by atoms with Crippen molar-refractivity contribution < 1.29 is 9.84 Å². The van der Waals surface area contributed by atoms with Crippen LogP contribution in [0.2, 0.25) is 0 Å². The fraction of sp³-hybridized carbons (Fsp3) is 1.00. The Balaban J connectivity index is 1.74. The highest BCUT2D eigenvalue weighted by Crippen LogP contribution is 2.28. The molecule has 3 nitrogen and oxygen atoms in total.